The van der Waals surface area contributed by atoms with Crippen molar-refractivity contribution < 1.29 is 9.53 Å². The predicted octanol–water partition coefficient (Wildman–Crippen LogP) is 3.03. The molecule has 0 amide bonds. The van der Waals surface area contributed by atoms with E-state index in [4.69, 9.17) is 4.74 Å². The van der Waals surface area contributed by atoms with Crippen LogP contribution in [-0.2, 0) is 0 Å². The van der Waals surface area contributed by atoms with E-state index in [0.29, 0.717) is 15.9 Å². The summed E-state index contributed by atoms with van der Waals surface area (Å²) < 4.78 is 6.68. The number of ether oxygens (including phenoxy) is 1. The van der Waals surface area contributed by atoms with E-state index in [0.717, 1.165) is 10.8 Å². The Labute approximate surface area is 92.6 Å². The fraction of sp³-hybridized carbons (Fsp3) is 0.125. The molecule has 0 fully saturated rings. The molecule has 12 heavy (non-hydrogen) atoms. The third kappa shape index (κ3) is 2.45. The van der Waals surface area contributed by atoms with Crippen LogP contribution >= 0.6 is 38.5 Å². The molecule has 1 rings (SSSR count). The molecular weight excluding hydrogens is 335 g/mol. The minimum Gasteiger partial charge on any atom is -0.483 e. The van der Waals surface area contributed by atoms with Gasteiger partial charge in [-0.15, -0.1) is 0 Å². The van der Waals surface area contributed by atoms with Crippen LogP contribution < -0.4 is 4.74 Å². The second kappa shape index (κ2) is 4.81. The molecule has 0 atom stereocenters. The summed E-state index contributed by atoms with van der Waals surface area (Å²) >= 11 is 5.38. The van der Waals surface area contributed by atoms with Gasteiger partial charge in [-0.1, -0.05) is 15.9 Å². The van der Waals surface area contributed by atoms with Crippen LogP contribution in [0.1, 0.15) is 10.4 Å². The standard InChI is InChI=1S/C8H6BrIO2/c9-7-2-1-6(4-11)8(3-7)12-5-10/h1-4H,5H2. The van der Waals surface area contributed by atoms with Gasteiger partial charge in [-0.25, -0.2) is 0 Å². The van der Waals surface area contributed by atoms with Gasteiger partial charge >= 0.3 is 0 Å². The van der Waals surface area contributed by atoms with E-state index >= 15 is 0 Å². The maximum Gasteiger partial charge on any atom is 0.153 e. The molecule has 0 N–H and O–H groups in total. The minimum absolute atomic E-state index is 0.537. The number of rotatable bonds is 3. The summed E-state index contributed by atoms with van der Waals surface area (Å²) in [5.41, 5.74) is 0.579. The van der Waals surface area contributed by atoms with E-state index in [9.17, 15) is 4.79 Å². The maximum atomic E-state index is 10.5. The zero-order valence-electron chi connectivity index (χ0n) is 6.09. The van der Waals surface area contributed by atoms with Gasteiger partial charge in [0.15, 0.2) is 6.29 Å². The summed E-state index contributed by atoms with van der Waals surface area (Å²) in [6, 6.07) is 5.31. The number of hydrogen-bond donors (Lipinski definition) is 0. The quantitative estimate of drug-likeness (QED) is 0.480. The van der Waals surface area contributed by atoms with Crippen LogP contribution in [-0.4, -0.2) is 10.9 Å². The minimum atomic E-state index is 0.537. The summed E-state index contributed by atoms with van der Waals surface area (Å²) in [4.78, 5) is 10.5. The number of carbonyl (C=O) groups is 1. The Balaban J connectivity index is 3.03. The molecule has 0 aromatic heterocycles. The third-order valence-electron chi connectivity index (χ3n) is 1.31. The number of halogens is 2. The smallest absolute Gasteiger partial charge is 0.153 e. The van der Waals surface area contributed by atoms with Crippen LogP contribution in [0.2, 0.25) is 0 Å². The molecule has 0 saturated heterocycles. The monoisotopic (exact) mass is 340 g/mol. The van der Waals surface area contributed by atoms with Crippen LogP contribution in [0, 0.1) is 0 Å². The lowest BCUT2D eigenvalue weighted by Crippen LogP contribution is -1.93. The molecule has 4 heteroatoms. The van der Waals surface area contributed by atoms with E-state index in [1.807, 2.05) is 6.07 Å². The molecule has 0 bridgehead atoms. The van der Waals surface area contributed by atoms with Gasteiger partial charge in [0, 0.05) is 4.47 Å². The molecule has 1 aromatic carbocycles. The Morgan fingerprint density at radius 1 is 1.58 bits per heavy atom. The number of alkyl halides is 1. The summed E-state index contributed by atoms with van der Waals surface area (Å²) in [7, 11) is 0. The van der Waals surface area contributed by atoms with E-state index in [1.54, 1.807) is 12.1 Å². The zero-order chi connectivity index (χ0) is 8.97. The average Bonchev–Trinajstić information content (AvgIpc) is 2.05. The molecule has 0 aliphatic carbocycles. The SMILES string of the molecule is O=Cc1ccc(Br)cc1OCI. The van der Waals surface area contributed by atoms with Gasteiger partial charge in [0.05, 0.1) is 5.56 Å². The van der Waals surface area contributed by atoms with Crippen LogP contribution in [0.3, 0.4) is 0 Å². The third-order valence-corrected chi connectivity index (χ3v) is 2.12. The van der Waals surface area contributed by atoms with Gasteiger partial charge in [0.2, 0.25) is 0 Å². The largest absolute Gasteiger partial charge is 0.483 e. The molecule has 64 valence electrons. The number of hydrogen-bond acceptors (Lipinski definition) is 2. The van der Waals surface area contributed by atoms with Gasteiger partial charge in [-0.3, -0.25) is 4.79 Å². The van der Waals surface area contributed by atoms with Crippen molar-refractivity contribution in [3.8, 4) is 5.75 Å². The van der Waals surface area contributed by atoms with Crippen molar-refractivity contribution in [2.75, 3.05) is 4.61 Å². The van der Waals surface area contributed by atoms with Gasteiger partial charge in [-0.2, -0.15) is 0 Å². The fourth-order valence-electron chi connectivity index (χ4n) is 0.789. The van der Waals surface area contributed by atoms with E-state index < -0.39 is 0 Å². The second-order valence-corrected chi connectivity index (χ2v) is 3.59. The first-order chi connectivity index (χ1) is 5.77. The van der Waals surface area contributed by atoms with Crippen molar-refractivity contribution >= 4 is 44.8 Å². The summed E-state index contributed by atoms with van der Waals surface area (Å²) in [6.07, 6.45) is 0.786. The Kier molecular flexibility index (Phi) is 4.00. The number of aldehydes is 1. The van der Waals surface area contributed by atoms with Crippen molar-refractivity contribution in [2.24, 2.45) is 0 Å². The highest BCUT2D eigenvalue weighted by molar-refractivity contribution is 14.1. The van der Waals surface area contributed by atoms with E-state index in [-0.39, 0.29) is 0 Å². The normalized spacial score (nSPS) is 9.50. The molecule has 0 aliphatic heterocycles. The maximum absolute atomic E-state index is 10.5. The average molecular weight is 341 g/mol. The lowest BCUT2D eigenvalue weighted by molar-refractivity contribution is 0.112. The molecule has 0 heterocycles. The Hall–Kier alpha value is -0.100. The van der Waals surface area contributed by atoms with Crippen LogP contribution in [0.25, 0.3) is 0 Å². The van der Waals surface area contributed by atoms with Gasteiger partial charge in [0.25, 0.3) is 0 Å². The first-order valence-corrected chi connectivity index (χ1v) is 5.53. The first-order valence-electron chi connectivity index (χ1n) is 3.21. The fourth-order valence-corrected chi connectivity index (χ4v) is 1.46. The Morgan fingerprint density at radius 2 is 2.33 bits per heavy atom. The second-order valence-electron chi connectivity index (χ2n) is 2.05. The molecule has 1 aromatic rings. The molecule has 2 nitrogen and oxygen atoms in total. The van der Waals surface area contributed by atoms with Crippen molar-refractivity contribution in [3.05, 3.63) is 28.2 Å². The van der Waals surface area contributed by atoms with E-state index in [1.165, 1.54) is 0 Å². The highest BCUT2D eigenvalue weighted by Crippen LogP contribution is 2.22. The molecule has 0 radical (unpaired) electrons. The van der Waals surface area contributed by atoms with Crippen LogP contribution in [0.15, 0.2) is 22.7 Å². The lowest BCUT2D eigenvalue weighted by atomic mass is 10.2. The first kappa shape index (κ1) is 9.98. The van der Waals surface area contributed by atoms with Crippen LogP contribution in [0.4, 0.5) is 0 Å². The topological polar surface area (TPSA) is 26.3 Å². The van der Waals surface area contributed by atoms with Gasteiger partial charge in [-0.05, 0) is 40.8 Å². The highest BCUT2D eigenvalue weighted by Gasteiger charge is 2.01. The lowest BCUT2D eigenvalue weighted by Gasteiger charge is -2.04. The zero-order valence-corrected chi connectivity index (χ0v) is 9.83. The summed E-state index contributed by atoms with van der Waals surface area (Å²) in [6.45, 7) is 0. The molecule has 0 saturated carbocycles. The van der Waals surface area contributed by atoms with Crippen molar-refractivity contribution in [1.29, 1.82) is 0 Å². The molecule has 0 aliphatic rings. The van der Waals surface area contributed by atoms with Gasteiger partial charge < -0.3 is 4.74 Å². The summed E-state index contributed by atoms with van der Waals surface area (Å²) in [5.74, 6) is 0.619. The Morgan fingerprint density at radius 3 is 2.92 bits per heavy atom. The molecule has 0 unspecified atom stereocenters. The molecular formula is C8H6BrIO2. The van der Waals surface area contributed by atoms with Gasteiger partial charge in [0.1, 0.15) is 10.4 Å². The Bertz CT molecular complexity index is 288. The molecule has 0 spiro atoms. The number of benzene rings is 1. The van der Waals surface area contributed by atoms with Crippen molar-refractivity contribution in [2.45, 2.75) is 0 Å². The predicted molar refractivity (Wildman–Crippen MR) is 59.0 cm³/mol. The van der Waals surface area contributed by atoms with Crippen molar-refractivity contribution in [1.82, 2.24) is 0 Å². The van der Waals surface area contributed by atoms with Crippen molar-refractivity contribution in [3.63, 3.8) is 0 Å². The van der Waals surface area contributed by atoms with E-state index in [2.05, 4.69) is 38.5 Å². The highest BCUT2D eigenvalue weighted by atomic mass is 127. The van der Waals surface area contributed by atoms with Crippen LogP contribution in [0.5, 0.6) is 5.75 Å². The summed E-state index contributed by atoms with van der Waals surface area (Å²) in [5, 5.41) is 0. The number of carbonyl (C=O) groups excluding carboxylic acids is 1.